The molecule has 1 atom stereocenters. The average molecular weight is 202 g/mol. The van der Waals surface area contributed by atoms with E-state index in [-0.39, 0.29) is 11.9 Å². The van der Waals surface area contributed by atoms with Crippen LogP contribution in [0.25, 0.3) is 0 Å². The van der Waals surface area contributed by atoms with E-state index in [0.29, 0.717) is 19.5 Å². The van der Waals surface area contributed by atoms with Crippen molar-refractivity contribution in [3.05, 3.63) is 0 Å². The predicted octanol–water partition coefficient (Wildman–Crippen LogP) is -1.10. The van der Waals surface area contributed by atoms with Gasteiger partial charge in [-0.15, -0.1) is 0 Å². The van der Waals surface area contributed by atoms with Crippen molar-refractivity contribution in [3.63, 3.8) is 0 Å². The first-order chi connectivity index (χ1) is 6.56. The summed E-state index contributed by atoms with van der Waals surface area (Å²) in [7, 11) is 0. The topological polar surface area (TPSA) is 110 Å². The van der Waals surface area contributed by atoms with E-state index < -0.39 is 6.03 Å². The Morgan fingerprint density at radius 1 is 1.29 bits per heavy atom. The fraction of sp³-hybridized carbons (Fsp3) is 0.750. The summed E-state index contributed by atoms with van der Waals surface area (Å²) in [4.78, 5) is 21.4. The van der Waals surface area contributed by atoms with Crippen LogP contribution in [-0.2, 0) is 4.79 Å². The van der Waals surface area contributed by atoms with Gasteiger partial charge in [0, 0.05) is 25.6 Å². The number of rotatable bonds is 6. The molecule has 0 heterocycles. The summed E-state index contributed by atoms with van der Waals surface area (Å²) in [5, 5.41) is 4.98. The molecule has 0 rings (SSSR count). The van der Waals surface area contributed by atoms with Crippen molar-refractivity contribution in [1.29, 1.82) is 0 Å². The largest absolute Gasteiger partial charge is 0.354 e. The van der Waals surface area contributed by atoms with Crippen LogP contribution in [0, 0.1) is 0 Å². The zero-order valence-corrected chi connectivity index (χ0v) is 8.38. The fourth-order valence-electron chi connectivity index (χ4n) is 0.842. The van der Waals surface area contributed by atoms with Crippen molar-refractivity contribution in [2.45, 2.75) is 25.8 Å². The molecule has 0 aliphatic carbocycles. The van der Waals surface area contributed by atoms with Crippen LogP contribution < -0.4 is 22.1 Å². The van der Waals surface area contributed by atoms with Gasteiger partial charge in [0.15, 0.2) is 0 Å². The minimum Gasteiger partial charge on any atom is -0.354 e. The van der Waals surface area contributed by atoms with Crippen molar-refractivity contribution < 1.29 is 9.59 Å². The lowest BCUT2D eigenvalue weighted by Gasteiger charge is -2.09. The van der Waals surface area contributed by atoms with Gasteiger partial charge in [0.2, 0.25) is 5.91 Å². The Morgan fingerprint density at radius 2 is 1.86 bits per heavy atom. The monoisotopic (exact) mass is 202 g/mol. The maximum Gasteiger partial charge on any atom is 0.312 e. The molecular weight excluding hydrogens is 184 g/mol. The van der Waals surface area contributed by atoms with Gasteiger partial charge in [-0.05, 0) is 6.42 Å². The summed E-state index contributed by atoms with van der Waals surface area (Å²) in [5.74, 6) is -0.106. The molecule has 0 aliphatic heterocycles. The molecule has 3 amide bonds. The second-order valence-corrected chi connectivity index (χ2v) is 3.01. The average Bonchev–Trinajstić information content (AvgIpc) is 2.12. The normalized spacial score (nSPS) is 11.9. The molecule has 0 fully saturated rings. The number of hydrogen-bond donors (Lipinski definition) is 4. The Balaban J connectivity index is 3.40. The molecule has 0 saturated heterocycles. The molecule has 0 spiro atoms. The number of urea groups is 1. The number of carbonyl (C=O) groups excluding carboxylic acids is 2. The van der Waals surface area contributed by atoms with Gasteiger partial charge in [0.1, 0.15) is 0 Å². The molecule has 6 nitrogen and oxygen atoms in total. The van der Waals surface area contributed by atoms with Crippen molar-refractivity contribution in [2.24, 2.45) is 11.5 Å². The third kappa shape index (κ3) is 7.35. The number of primary amides is 1. The molecule has 0 bridgehead atoms. The predicted molar refractivity (Wildman–Crippen MR) is 53.5 cm³/mol. The maximum absolute atomic E-state index is 11.1. The van der Waals surface area contributed by atoms with Crippen LogP contribution >= 0.6 is 0 Å². The van der Waals surface area contributed by atoms with Gasteiger partial charge >= 0.3 is 6.03 Å². The van der Waals surface area contributed by atoms with Crippen LogP contribution in [0.4, 0.5) is 4.79 Å². The first-order valence-corrected chi connectivity index (χ1v) is 4.61. The first kappa shape index (κ1) is 12.7. The number of amides is 3. The van der Waals surface area contributed by atoms with Gasteiger partial charge in [-0.3, -0.25) is 4.79 Å². The highest BCUT2D eigenvalue weighted by molar-refractivity contribution is 5.76. The van der Waals surface area contributed by atoms with Crippen LogP contribution in [0.1, 0.15) is 19.8 Å². The van der Waals surface area contributed by atoms with E-state index in [0.717, 1.165) is 6.42 Å². The number of nitrogens with two attached hydrogens (primary N) is 2. The summed E-state index contributed by atoms with van der Waals surface area (Å²) in [6, 6.07) is -0.691. The van der Waals surface area contributed by atoms with Crippen LogP contribution in [0.5, 0.6) is 0 Å². The summed E-state index contributed by atoms with van der Waals surface area (Å²) < 4.78 is 0. The van der Waals surface area contributed by atoms with Crippen LogP contribution in [0.3, 0.4) is 0 Å². The van der Waals surface area contributed by atoms with Crippen LogP contribution in [-0.4, -0.2) is 31.1 Å². The van der Waals surface area contributed by atoms with Crippen molar-refractivity contribution >= 4 is 11.9 Å². The summed E-state index contributed by atoms with van der Waals surface area (Å²) in [6.07, 6.45) is 1.08. The minimum atomic E-state index is -0.593. The SMILES string of the molecule is CCC(N)CC(=O)NCCNC(N)=O. The third-order valence-corrected chi connectivity index (χ3v) is 1.72. The molecule has 0 radical (unpaired) electrons. The molecule has 0 aromatic carbocycles. The second kappa shape index (κ2) is 7.14. The van der Waals surface area contributed by atoms with E-state index in [1.165, 1.54) is 0 Å². The van der Waals surface area contributed by atoms with E-state index >= 15 is 0 Å². The summed E-state index contributed by atoms with van der Waals surface area (Å²) >= 11 is 0. The molecule has 14 heavy (non-hydrogen) atoms. The van der Waals surface area contributed by atoms with Gasteiger partial charge in [0.25, 0.3) is 0 Å². The molecule has 1 unspecified atom stereocenters. The van der Waals surface area contributed by atoms with E-state index in [9.17, 15) is 9.59 Å². The second-order valence-electron chi connectivity index (χ2n) is 3.01. The van der Waals surface area contributed by atoms with E-state index in [4.69, 9.17) is 11.5 Å². The Kier molecular flexibility index (Phi) is 6.47. The number of nitrogens with one attached hydrogen (secondary N) is 2. The van der Waals surface area contributed by atoms with Gasteiger partial charge in [-0.2, -0.15) is 0 Å². The molecule has 0 aromatic rings. The Morgan fingerprint density at radius 3 is 2.36 bits per heavy atom. The zero-order chi connectivity index (χ0) is 11.0. The lowest BCUT2D eigenvalue weighted by Crippen LogP contribution is -2.38. The third-order valence-electron chi connectivity index (χ3n) is 1.72. The van der Waals surface area contributed by atoms with Gasteiger partial charge in [0.05, 0.1) is 0 Å². The smallest absolute Gasteiger partial charge is 0.312 e. The van der Waals surface area contributed by atoms with E-state index in [1.807, 2.05) is 6.92 Å². The lowest BCUT2D eigenvalue weighted by molar-refractivity contribution is -0.121. The number of hydrogen-bond acceptors (Lipinski definition) is 3. The molecule has 0 aromatic heterocycles. The quantitative estimate of drug-likeness (QED) is 0.410. The molecule has 82 valence electrons. The van der Waals surface area contributed by atoms with E-state index in [2.05, 4.69) is 10.6 Å². The standard InChI is InChI=1S/C8H18N4O2/c1-2-6(9)5-7(13)11-3-4-12-8(10)14/h6H,2-5,9H2,1H3,(H,11,13)(H3,10,12,14). The highest BCUT2D eigenvalue weighted by Crippen LogP contribution is 1.91. The molecule has 0 saturated carbocycles. The van der Waals surface area contributed by atoms with Crippen LogP contribution in [0.15, 0.2) is 0 Å². The number of carbonyl (C=O) groups is 2. The fourth-order valence-corrected chi connectivity index (χ4v) is 0.842. The highest BCUT2D eigenvalue weighted by atomic mass is 16.2. The van der Waals surface area contributed by atoms with Crippen molar-refractivity contribution in [3.8, 4) is 0 Å². The molecule has 6 N–H and O–H groups in total. The first-order valence-electron chi connectivity index (χ1n) is 4.61. The maximum atomic E-state index is 11.1. The highest BCUT2D eigenvalue weighted by Gasteiger charge is 2.06. The zero-order valence-electron chi connectivity index (χ0n) is 8.38. The summed E-state index contributed by atoms with van der Waals surface area (Å²) in [5.41, 5.74) is 10.4. The Bertz CT molecular complexity index is 196. The van der Waals surface area contributed by atoms with E-state index in [1.54, 1.807) is 0 Å². The summed E-state index contributed by atoms with van der Waals surface area (Å²) in [6.45, 7) is 2.63. The van der Waals surface area contributed by atoms with Gasteiger partial charge in [-0.25, -0.2) is 4.79 Å². The molecular formula is C8H18N4O2. The van der Waals surface area contributed by atoms with Crippen molar-refractivity contribution in [1.82, 2.24) is 10.6 Å². The Hall–Kier alpha value is -1.30. The lowest BCUT2D eigenvalue weighted by atomic mass is 10.1. The molecule has 6 heteroatoms. The van der Waals surface area contributed by atoms with Gasteiger partial charge < -0.3 is 22.1 Å². The van der Waals surface area contributed by atoms with Gasteiger partial charge in [-0.1, -0.05) is 6.92 Å². The Labute approximate surface area is 83.4 Å². The van der Waals surface area contributed by atoms with Crippen molar-refractivity contribution in [2.75, 3.05) is 13.1 Å². The molecule has 0 aliphatic rings. The van der Waals surface area contributed by atoms with Crippen LogP contribution in [0.2, 0.25) is 0 Å². The minimum absolute atomic E-state index is 0.0981.